The molecule has 3 aromatic rings. The number of hydrogen-bond acceptors (Lipinski definition) is 6. The van der Waals surface area contributed by atoms with Crippen molar-refractivity contribution in [3.05, 3.63) is 99.4 Å². The lowest BCUT2D eigenvalue weighted by Gasteiger charge is -2.30. The van der Waals surface area contributed by atoms with E-state index < -0.39 is 17.5 Å². The van der Waals surface area contributed by atoms with Gasteiger partial charge in [-0.05, 0) is 55.4 Å². The Hall–Kier alpha value is -3.98. The van der Waals surface area contributed by atoms with Gasteiger partial charge in [-0.2, -0.15) is 0 Å². The van der Waals surface area contributed by atoms with Gasteiger partial charge in [-0.25, -0.2) is 4.39 Å². The third-order valence-electron chi connectivity index (χ3n) is 7.04. The third-order valence-corrected chi connectivity index (χ3v) is 7.04. The topological polar surface area (TPSA) is 93.9 Å². The maximum Gasteiger partial charge on any atom is 0.256 e. The van der Waals surface area contributed by atoms with Crippen molar-refractivity contribution in [2.75, 3.05) is 25.5 Å². The molecule has 0 unspecified atom stereocenters. The molecule has 3 aromatic carbocycles. The number of carbonyl (C=O) groups excluding carboxylic acids is 1. The zero-order valence-electron chi connectivity index (χ0n) is 19.9. The number of nitrogens with zero attached hydrogens (tertiary/aromatic N) is 2. The zero-order valence-corrected chi connectivity index (χ0v) is 19.9. The number of halogens is 1. The van der Waals surface area contributed by atoms with E-state index in [0.717, 1.165) is 5.56 Å². The fourth-order valence-electron chi connectivity index (χ4n) is 5.46. The molecule has 0 aliphatic carbocycles. The van der Waals surface area contributed by atoms with Gasteiger partial charge in [0.2, 0.25) is 0 Å². The van der Waals surface area contributed by atoms with Crippen molar-refractivity contribution in [3.8, 4) is 11.5 Å². The quantitative estimate of drug-likeness (QED) is 0.391. The van der Waals surface area contributed by atoms with Gasteiger partial charge < -0.3 is 14.8 Å². The number of nitrogens with one attached hydrogen (secondary N) is 1. The highest BCUT2D eigenvalue weighted by Crippen LogP contribution is 2.52. The van der Waals surface area contributed by atoms with Crippen LogP contribution in [0.15, 0.2) is 66.7 Å². The number of ether oxygens (including phenoxy) is 2. The third kappa shape index (κ3) is 3.76. The number of fused-ring (bicyclic) bond motifs is 2. The number of benzene rings is 3. The molecule has 0 bridgehead atoms. The first-order chi connectivity index (χ1) is 17.4. The first kappa shape index (κ1) is 23.7. The van der Waals surface area contributed by atoms with Gasteiger partial charge in [0.05, 0.1) is 12.5 Å². The van der Waals surface area contributed by atoms with Crippen LogP contribution in [-0.2, 0) is 16.9 Å². The summed E-state index contributed by atoms with van der Waals surface area (Å²) in [5.41, 5.74) is 1.29. The van der Waals surface area contributed by atoms with Crippen molar-refractivity contribution in [2.45, 2.75) is 31.0 Å². The number of para-hydroxylation sites is 1. The molecule has 2 aliphatic rings. The normalized spacial score (nSPS) is 22.9. The van der Waals surface area contributed by atoms with Crippen molar-refractivity contribution < 1.29 is 23.6 Å². The largest absolute Gasteiger partial charge is 0.490 e. The van der Waals surface area contributed by atoms with Gasteiger partial charge in [0.25, 0.3) is 11.9 Å². The second-order valence-corrected chi connectivity index (χ2v) is 9.04. The van der Waals surface area contributed by atoms with Gasteiger partial charge >= 0.3 is 0 Å². The Morgan fingerprint density at radius 3 is 2.58 bits per heavy atom. The molecule has 2 aliphatic heterocycles. The minimum absolute atomic E-state index is 0.212. The van der Waals surface area contributed by atoms with Crippen LogP contribution in [0.4, 0.5) is 10.1 Å². The Kier molecular flexibility index (Phi) is 6.09. The van der Waals surface area contributed by atoms with Crippen LogP contribution in [0.3, 0.4) is 0 Å². The van der Waals surface area contributed by atoms with E-state index >= 15 is 0 Å². The first-order valence-electron chi connectivity index (χ1n) is 11.8. The molecule has 2 heterocycles. The van der Waals surface area contributed by atoms with E-state index in [0.29, 0.717) is 41.5 Å². The van der Waals surface area contributed by atoms with Crippen molar-refractivity contribution in [2.24, 2.45) is 0 Å². The highest BCUT2D eigenvalue weighted by Gasteiger charge is 2.68. The molecular formula is C27H26FN3O5. The molecule has 0 saturated carbocycles. The Morgan fingerprint density at radius 1 is 1.11 bits per heavy atom. The number of hydrogen-bond donors (Lipinski definition) is 1. The predicted molar refractivity (Wildman–Crippen MR) is 131 cm³/mol. The van der Waals surface area contributed by atoms with Crippen LogP contribution in [0.2, 0.25) is 0 Å². The summed E-state index contributed by atoms with van der Waals surface area (Å²) in [6, 6.07) is 17.2. The van der Waals surface area contributed by atoms with Gasteiger partial charge in [-0.3, -0.25) is 19.8 Å². The molecule has 36 heavy (non-hydrogen) atoms. The number of likely N-dealkylation sites (N-methyl/N-ethyl adjacent to an activating group) is 1. The number of rotatable bonds is 7. The average molecular weight is 492 g/mol. The molecule has 1 saturated heterocycles. The summed E-state index contributed by atoms with van der Waals surface area (Å²) in [4.78, 5) is 27.3. The van der Waals surface area contributed by atoms with Crippen molar-refractivity contribution >= 4 is 11.6 Å². The molecule has 186 valence electrons. The predicted octanol–water partition coefficient (Wildman–Crippen LogP) is 4.33. The van der Waals surface area contributed by atoms with E-state index in [2.05, 4.69) is 5.32 Å². The molecule has 0 aromatic heterocycles. The summed E-state index contributed by atoms with van der Waals surface area (Å²) in [6.07, 6.45) is 0. The Balaban J connectivity index is 1.49. The van der Waals surface area contributed by atoms with Gasteiger partial charge in [0.15, 0.2) is 17.0 Å². The Morgan fingerprint density at radius 2 is 1.86 bits per heavy atom. The van der Waals surface area contributed by atoms with Crippen LogP contribution < -0.4 is 14.8 Å². The summed E-state index contributed by atoms with van der Waals surface area (Å²) in [6.45, 7) is 2.74. The molecule has 3 atom stereocenters. The Labute approximate surface area is 207 Å². The molecule has 1 spiro atoms. The van der Waals surface area contributed by atoms with Gasteiger partial charge in [-0.1, -0.05) is 36.4 Å². The summed E-state index contributed by atoms with van der Waals surface area (Å²) in [5, 5.41) is 15.4. The summed E-state index contributed by atoms with van der Waals surface area (Å²) in [7, 11) is 1.75. The van der Waals surface area contributed by atoms with Crippen LogP contribution in [0.1, 0.15) is 29.5 Å². The molecule has 0 radical (unpaired) electrons. The number of anilines is 1. The molecule has 9 heteroatoms. The van der Waals surface area contributed by atoms with Crippen LogP contribution in [0.5, 0.6) is 11.5 Å². The summed E-state index contributed by atoms with van der Waals surface area (Å²) in [5.74, 6) is -0.338. The molecular weight excluding hydrogens is 465 g/mol. The van der Waals surface area contributed by atoms with Crippen LogP contribution >= 0.6 is 0 Å². The Bertz CT molecular complexity index is 1320. The average Bonchev–Trinajstić information content (AvgIpc) is 3.34. The van der Waals surface area contributed by atoms with Crippen molar-refractivity contribution in [3.63, 3.8) is 0 Å². The number of carbonyl (C=O) groups is 1. The highest BCUT2D eigenvalue weighted by molar-refractivity contribution is 6.06. The second kappa shape index (κ2) is 9.23. The highest BCUT2D eigenvalue weighted by atomic mass is 19.1. The van der Waals surface area contributed by atoms with Crippen LogP contribution in [-0.4, -0.2) is 42.0 Å². The van der Waals surface area contributed by atoms with E-state index in [4.69, 9.17) is 9.47 Å². The van der Waals surface area contributed by atoms with Crippen LogP contribution in [0, 0.1) is 15.9 Å². The van der Waals surface area contributed by atoms with Gasteiger partial charge in [0.1, 0.15) is 12.4 Å². The van der Waals surface area contributed by atoms with Crippen LogP contribution in [0.25, 0.3) is 0 Å². The SMILES string of the molecule is CCOc1cc([C@@H]2CN(C)[C@]3(C(=O)Nc4ccccc43)[C@H]2[N+](=O)[O-])ccc1OCc1ccc(F)cc1. The monoisotopic (exact) mass is 491 g/mol. The van der Waals surface area contributed by atoms with E-state index in [1.807, 2.05) is 6.92 Å². The second-order valence-electron chi connectivity index (χ2n) is 9.04. The van der Waals surface area contributed by atoms with E-state index in [-0.39, 0.29) is 23.3 Å². The molecule has 8 nitrogen and oxygen atoms in total. The van der Waals surface area contributed by atoms with E-state index in [9.17, 15) is 19.3 Å². The smallest absolute Gasteiger partial charge is 0.256 e. The number of amides is 1. The van der Waals surface area contributed by atoms with Gasteiger partial charge in [0, 0.05) is 22.7 Å². The minimum Gasteiger partial charge on any atom is -0.490 e. The molecule has 1 N–H and O–H groups in total. The first-order valence-corrected chi connectivity index (χ1v) is 11.8. The van der Waals surface area contributed by atoms with Crippen molar-refractivity contribution in [1.29, 1.82) is 0 Å². The summed E-state index contributed by atoms with van der Waals surface area (Å²) >= 11 is 0. The summed E-state index contributed by atoms with van der Waals surface area (Å²) < 4.78 is 24.9. The lowest BCUT2D eigenvalue weighted by Crippen LogP contribution is -2.54. The fourth-order valence-corrected chi connectivity index (χ4v) is 5.46. The number of likely N-dealkylation sites (tertiary alicyclic amines) is 1. The van der Waals surface area contributed by atoms with Crippen molar-refractivity contribution in [1.82, 2.24) is 4.90 Å². The molecule has 1 fully saturated rings. The maximum atomic E-state index is 13.3. The van der Waals surface area contributed by atoms with E-state index in [1.165, 1.54) is 12.1 Å². The fraction of sp³-hybridized carbons (Fsp3) is 0.296. The van der Waals surface area contributed by atoms with Gasteiger partial charge in [-0.15, -0.1) is 0 Å². The zero-order chi connectivity index (χ0) is 25.4. The lowest BCUT2D eigenvalue weighted by molar-refractivity contribution is -0.534. The lowest BCUT2D eigenvalue weighted by atomic mass is 9.79. The number of nitro groups is 1. The van der Waals surface area contributed by atoms with E-state index in [1.54, 1.807) is 66.5 Å². The maximum absolute atomic E-state index is 13.3. The molecule has 1 amide bonds. The minimum atomic E-state index is -1.41. The standard InChI is InChI=1S/C27H26FN3O5/c1-3-35-24-14-18(10-13-23(24)36-16-17-8-11-19(28)12-9-17)20-15-30(2)27(25(20)31(33)34)21-6-4-5-7-22(21)29-26(27)32/h4-14,20,25H,3,15-16H2,1-2H3,(H,29,32)/t20-,25-,27-/m0/s1. The molecule has 5 rings (SSSR count).